The Balaban J connectivity index is 1.77. The number of ether oxygens (including phenoxy) is 1. The minimum atomic E-state index is -0.416. The van der Waals surface area contributed by atoms with Gasteiger partial charge < -0.3 is 9.64 Å². The average molecular weight is 259 g/mol. The van der Waals surface area contributed by atoms with E-state index in [1.165, 1.54) is 0 Å². The van der Waals surface area contributed by atoms with E-state index in [2.05, 4.69) is 0 Å². The number of likely N-dealkylation sites (tertiary alicyclic amines) is 1. The van der Waals surface area contributed by atoms with Gasteiger partial charge in [0.25, 0.3) is 0 Å². The van der Waals surface area contributed by atoms with Crippen LogP contribution in [0.15, 0.2) is 30.3 Å². The molecule has 1 aliphatic heterocycles. The number of carbonyl (C=O) groups excluding carboxylic acids is 2. The second-order valence-corrected chi connectivity index (χ2v) is 5.23. The fourth-order valence-corrected chi connectivity index (χ4v) is 2.89. The summed E-state index contributed by atoms with van der Waals surface area (Å²) in [6.45, 7) is 2.64. The number of hydrogen-bond donors (Lipinski definition) is 0. The predicted molar refractivity (Wildman–Crippen MR) is 69.1 cm³/mol. The first-order valence-corrected chi connectivity index (χ1v) is 6.70. The Morgan fingerprint density at radius 1 is 1.37 bits per heavy atom. The molecular formula is C15H17NO3. The molecule has 2 fully saturated rings. The molecular weight excluding hydrogens is 242 g/mol. The first kappa shape index (κ1) is 12.2. The standard InChI is InChI=1S/C15H17NO3/c1-2-19-13(17)12-15(8-9-15)14(18)16(12)10-11-6-4-3-5-7-11/h3-7,12H,2,8-10H2,1H3. The summed E-state index contributed by atoms with van der Waals surface area (Å²) in [5, 5.41) is 0. The Bertz CT molecular complexity index is 507. The van der Waals surface area contributed by atoms with Gasteiger partial charge in [-0.2, -0.15) is 0 Å². The molecule has 1 saturated carbocycles. The Morgan fingerprint density at radius 2 is 2.05 bits per heavy atom. The number of benzene rings is 1. The molecule has 4 nitrogen and oxygen atoms in total. The summed E-state index contributed by atoms with van der Waals surface area (Å²) in [5.74, 6) is -0.148. The molecule has 1 aromatic rings. The van der Waals surface area contributed by atoms with Gasteiger partial charge in [0.15, 0.2) is 0 Å². The van der Waals surface area contributed by atoms with Gasteiger partial charge in [0.2, 0.25) is 5.91 Å². The summed E-state index contributed by atoms with van der Waals surface area (Å²) in [4.78, 5) is 25.9. The van der Waals surface area contributed by atoms with Crippen molar-refractivity contribution in [3.8, 4) is 0 Å². The molecule has 1 amide bonds. The topological polar surface area (TPSA) is 46.6 Å². The van der Waals surface area contributed by atoms with E-state index in [1.54, 1.807) is 11.8 Å². The van der Waals surface area contributed by atoms with Gasteiger partial charge >= 0.3 is 5.97 Å². The number of esters is 1. The van der Waals surface area contributed by atoms with Crippen LogP contribution < -0.4 is 0 Å². The number of nitrogens with zero attached hydrogens (tertiary/aromatic N) is 1. The molecule has 1 saturated heterocycles. The highest BCUT2D eigenvalue weighted by Crippen LogP contribution is 2.59. The Labute approximate surface area is 112 Å². The maximum atomic E-state index is 12.2. The lowest BCUT2D eigenvalue weighted by Gasteiger charge is -2.46. The smallest absolute Gasteiger partial charge is 0.329 e. The minimum absolute atomic E-state index is 0.106. The fourth-order valence-electron chi connectivity index (χ4n) is 2.89. The van der Waals surface area contributed by atoms with E-state index < -0.39 is 5.41 Å². The SMILES string of the molecule is CCOC(=O)C1N(Cc2ccccc2)C(=O)C12CC2. The molecule has 1 atom stereocenters. The second kappa shape index (κ2) is 4.37. The van der Waals surface area contributed by atoms with Crippen molar-refractivity contribution < 1.29 is 14.3 Å². The molecule has 1 spiro atoms. The lowest BCUT2D eigenvalue weighted by atomic mass is 9.83. The van der Waals surface area contributed by atoms with E-state index in [-0.39, 0.29) is 17.9 Å². The highest BCUT2D eigenvalue weighted by atomic mass is 16.5. The normalized spacial score (nSPS) is 23.1. The molecule has 100 valence electrons. The zero-order valence-electron chi connectivity index (χ0n) is 11.0. The number of amides is 1. The van der Waals surface area contributed by atoms with Crippen LogP contribution in [0, 0.1) is 5.41 Å². The maximum Gasteiger partial charge on any atom is 0.329 e. The zero-order valence-corrected chi connectivity index (χ0v) is 11.0. The van der Waals surface area contributed by atoms with E-state index in [9.17, 15) is 9.59 Å². The summed E-state index contributed by atoms with van der Waals surface area (Å²) < 4.78 is 5.10. The van der Waals surface area contributed by atoms with E-state index in [0.717, 1.165) is 18.4 Å². The van der Waals surface area contributed by atoms with Crippen LogP contribution in [0.5, 0.6) is 0 Å². The molecule has 0 aromatic heterocycles. The molecule has 1 aliphatic carbocycles. The molecule has 0 radical (unpaired) electrons. The Kier molecular flexibility index (Phi) is 2.81. The van der Waals surface area contributed by atoms with Crippen LogP contribution in [0.25, 0.3) is 0 Å². The van der Waals surface area contributed by atoms with Crippen molar-refractivity contribution in [1.82, 2.24) is 4.90 Å². The summed E-state index contributed by atoms with van der Waals surface area (Å²) in [6.07, 6.45) is 1.64. The van der Waals surface area contributed by atoms with E-state index in [1.807, 2.05) is 30.3 Å². The third kappa shape index (κ3) is 1.82. The predicted octanol–water partition coefficient (Wildman–Crippen LogP) is 1.74. The Morgan fingerprint density at radius 3 is 2.63 bits per heavy atom. The molecule has 4 heteroatoms. The molecule has 1 heterocycles. The third-order valence-corrected chi connectivity index (χ3v) is 4.02. The van der Waals surface area contributed by atoms with E-state index >= 15 is 0 Å². The number of β-lactam (4-membered cyclic amide) rings is 1. The molecule has 2 aliphatic rings. The third-order valence-electron chi connectivity index (χ3n) is 4.02. The summed E-state index contributed by atoms with van der Waals surface area (Å²) in [6, 6.07) is 9.37. The van der Waals surface area contributed by atoms with Gasteiger partial charge in [0, 0.05) is 6.54 Å². The van der Waals surface area contributed by atoms with Gasteiger partial charge in [0.1, 0.15) is 6.04 Å². The number of carbonyl (C=O) groups is 2. The van der Waals surface area contributed by atoms with E-state index in [0.29, 0.717) is 13.2 Å². The lowest BCUT2D eigenvalue weighted by molar-refractivity contribution is -0.178. The summed E-state index contributed by atoms with van der Waals surface area (Å²) in [5.41, 5.74) is 0.627. The zero-order chi connectivity index (χ0) is 13.5. The lowest BCUT2D eigenvalue weighted by Crippen LogP contribution is -2.65. The van der Waals surface area contributed by atoms with E-state index in [4.69, 9.17) is 4.74 Å². The van der Waals surface area contributed by atoms with Gasteiger partial charge in [-0.15, -0.1) is 0 Å². The van der Waals surface area contributed by atoms with Crippen molar-refractivity contribution >= 4 is 11.9 Å². The van der Waals surface area contributed by atoms with Crippen molar-refractivity contribution in [3.63, 3.8) is 0 Å². The van der Waals surface area contributed by atoms with Gasteiger partial charge in [-0.25, -0.2) is 4.79 Å². The van der Waals surface area contributed by atoms with Gasteiger partial charge in [-0.3, -0.25) is 4.79 Å². The van der Waals surface area contributed by atoms with Crippen molar-refractivity contribution in [2.45, 2.75) is 32.4 Å². The van der Waals surface area contributed by atoms with Gasteiger partial charge in [-0.1, -0.05) is 30.3 Å². The maximum absolute atomic E-state index is 12.2. The van der Waals surface area contributed by atoms with Crippen LogP contribution in [0.2, 0.25) is 0 Å². The molecule has 1 unspecified atom stereocenters. The highest BCUT2D eigenvalue weighted by molar-refractivity contribution is 6.02. The fraction of sp³-hybridized carbons (Fsp3) is 0.467. The molecule has 3 rings (SSSR count). The highest BCUT2D eigenvalue weighted by Gasteiger charge is 2.70. The first-order valence-electron chi connectivity index (χ1n) is 6.70. The van der Waals surface area contributed by atoms with Crippen LogP contribution in [0.1, 0.15) is 25.3 Å². The Hall–Kier alpha value is -1.84. The van der Waals surface area contributed by atoms with Crippen LogP contribution in [0.3, 0.4) is 0 Å². The summed E-state index contributed by atoms with van der Waals surface area (Å²) >= 11 is 0. The number of hydrogen-bond acceptors (Lipinski definition) is 3. The summed E-state index contributed by atoms with van der Waals surface area (Å²) in [7, 11) is 0. The molecule has 0 N–H and O–H groups in total. The second-order valence-electron chi connectivity index (χ2n) is 5.23. The molecule has 0 bridgehead atoms. The van der Waals surface area contributed by atoms with Crippen LogP contribution in [0.4, 0.5) is 0 Å². The van der Waals surface area contributed by atoms with Crippen molar-refractivity contribution in [3.05, 3.63) is 35.9 Å². The monoisotopic (exact) mass is 259 g/mol. The van der Waals surface area contributed by atoms with Gasteiger partial charge in [0.05, 0.1) is 12.0 Å². The van der Waals surface area contributed by atoms with Crippen LogP contribution in [-0.4, -0.2) is 29.4 Å². The molecule has 1 aromatic carbocycles. The van der Waals surface area contributed by atoms with Gasteiger partial charge in [-0.05, 0) is 25.3 Å². The van der Waals surface area contributed by atoms with Crippen molar-refractivity contribution in [2.24, 2.45) is 5.41 Å². The first-order chi connectivity index (χ1) is 9.19. The van der Waals surface area contributed by atoms with Crippen molar-refractivity contribution in [2.75, 3.05) is 6.61 Å². The molecule has 19 heavy (non-hydrogen) atoms. The van der Waals surface area contributed by atoms with Crippen LogP contribution in [-0.2, 0) is 20.9 Å². The minimum Gasteiger partial charge on any atom is -0.464 e. The quantitative estimate of drug-likeness (QED) is 0.611. The average Bonchev–Trinajstić information content (AvgIpc) is 3.22. The number of rotatable bonds is 4. The largest absolute Gasteiger partial charge is 0.464 e. The van der Waals surface area contributed by atoms with Crippen LogP contribution >= 0.6 is 0 Å². The van der Waals surface area contributed by atoms with Crippen molar-refractivity contribution in [1.29, 1.82) is 0 Å².